The van der Waals surface area contributed by atoms with Gasteiger partial charge in [-0.1, -0.05) is 23.7 Å². The Balaban J connectivity index is 2.53. The molecule has 0 saturated carbocycles. The number of aliphatic hydroxyl groups is 1. The number of aliphatic hydroxyl groups excluding tert-OH is 1. The maximum absolute atomic E-state index is 10.6. The Bertz CT molecular complexity index is 604. The highest BCUT2D eigenvalue weighted by Gasteiger charge is 2.22. The summed E-state index contributed by atoms with van der Waals surface area (Å²) >= 11 is 7.70. The first-order chi connectivity index (χ1) is 8.97. The quantitative estimate of drug-likeness (QED) is 0.908. The lowest BCUT2D eigenvalue weighted by Gasteiger charge is -2.17. The molecule has 0 bridgehead atoms. The molecule has 2 aromatic rings. The van der Waals surface area contributed by atoms with Crippen LogP contribution in [-0.4, -0.2) is 12.2 Å². The highest BCUT2D eigenvalue weighted by molar-refractivity contribution is 7.10. The molecule has 1 heterocycles. The van der Waals surface area contributed by atoms with Gasteiger partial charge in [0, 0.05) is 5.56 Å². The third-order valence-electron chi connectivity index (χ3n) is 3.38. The minimum absolute atomic E-state index is 0.637. The first kappa shape index (κ1) is 14.4. The van der Waals surface area contributed by atoms with Crippen molar-refractivity contribution in [3.05, 3.63) is 49.7 Å². The van der Waals surface area contributed by atoms with Gasteiger partial charge in [-0.05, 0) is 42.8 Å². The number of hydrogen-bond donors (Lipinski definition) is 1. The average molecular weight is 297 g/mol. The Morgan fingerprint density at radius 3 is 2.42 bits per heavy atom. The summed E-state index contributed by atoms with van der Waals surface area (Å²) in [6.07, 6.45) is -0.750. The summed E-state index contributed by atoms with van der Waals surface area (Å²) in [5, 5.41) is 13.1. The SMILES string of the molecule is COc1c(C(O)c2scc(C)c2Cl)ccc(C)c1C. The molecule has 0 fully saturated rings. The maximum Gasteiger partial charge on any atom is 0.128 e. The van der Waals surface area contributed by atoms with Crippen LogP contribution in [0.15, 0.2) is 17.5 Å². The van der Waals surface area contributed by atoms with Crippen molar-refractivity contribution in [3.8, 4) is 5.75 Å². The van der Waals surface area contributed by atoms with Gasteiger partial charge in [0.25, 0.3) is 0 Å². The molecule has 102 valence electrons. The van der Waals surface area contributed by atoms with Gasteiger partial charge in [0.15, 0.2) is 0 Å². The molecule has 0 amide bonds. The van der Waals surface area contributed by atoms with Crippen LogP contribution in [0.1, 0.15) is 33.2 Å². The zero-order valence-electron chi connectivity index (χ0n) is 11.5. The fourth-order valence-electron chi connectivity index (χ4n) is 2.07. The molecule has 0 radical (unpaired) electrons. The monoisotopic (exact) mass is 296 g/mol. The van der Waals surface area contributed by atoms with Gasteiger partial charge in [-0.15, -0.1) is 11.3 Å². The van der Waals surface area contributed by atoms with Crippen molar-refractivity contribution in [1.29, 1.82) is 0 Å². The minimum Gasteiger partial charge on any atom is -0.496 e. The van der Waals surface area contributed by atoms with Gasteiger partial charge in [-0.2, -0.15) is 0 Å². The van der Waals surface area contributed by atoms with Crippen LogP contribution in [0.5, 0.6) is 5.75 Å². The van der Waals surface area contributed by atoms with E-state index in [-0.39, 0.29) is 0 Å². The fourth-order valence-corrected chi connectivity index (χ4v) is 3.37. The van der Waals surface area contributed by atoms with Crippen LogP contribution >= 0.6 is 22.9 Å². The Labute approximate surface area is 122 Å². The van der Waals surface area contributed by atoms with Gasteiger partial charge in [-0.25, -0.2) is 0 Å². The largest absolute Gasteiger partial charge is 0.496 e. The third-order valence-corrected chi connectivity index (χ3v) is 5.15. The van der Waals surface area contributed by atoms with Crippen LogP contribution in [0.25, 0.3) is 0 Å². The standard InChI is InChI=1S/C15H17ClO2S/c1-8-5-6-11(14(18-4)10(8)3)13(17)15-12(16)9(2)7-19-15/h5-7,13,17H,1-4H3. The topological polar surface area (TPSA) is 29.5 Å². The molecule has 1 unspecified atom stereocenters. The summed E-state index contributed by atoms with van der Waals surface area (Å²) in [7, 11) is 1.62. The number of halogens is 1. The minimum atomic E-state index is -0.750. The van der Waals surface area contributed by atoms with Gasteiger partial charge in [-0.3, -0.25) is 0 Å². The predicted molar refractivity (Wildman–Crippen MR) is 80.6 cm³/mol. The molecule has 4 heteroatoms. The van der Waals surface area contributed by atoms with Crippen molar-refractivity contribution in [2.75, 3.05) is 7.11 Å². The number of methoxy groups -OCH3 is 1. The van der Waals surface area contributed by atoms with Crippen LogP contribution in [0.3, 0.4) is 0 Å². The molecule has 1 aromatic carbocycles. The molecule has 0 aliphatic rings. The summed E-state index contributed by atoms with van der Waals surface area (Å²) in [6, 6.07) is 3.89. The van der Waals surface area contributed by atoms with E-state index in [2.05, 4.69) is 0 Å². The van der Waals surface area contributed by atoms with Crippen molar-refractivity contribution in [1.82, 2.24) is 0 Å². The molecule has 1 aromatic heterocycles. The van der Waals surface area contributed by atoms with Gasteiger partial charge >= 0.3 is 0 Å². The predicted octanol–water partition coefficient (Wildman–Crippen LogP) is 4.42. The second-order valence-electron chi connectivity index (χ2n) is 4.63. The molecular weight excluding hydrogens is 280 g/mol. The van der Waals surface area contributed by atoms with Crippen LogP contribution in [0.4, 0.5) is 0 Å². The molecule has 0 saturated heterocycles. The Hall–Kier alpha value is -1.03. The van der Waals surface area contributed by atoms with E-state index < -0.39 is 6.10 Å². The van der Waals surface area contributed by atoms with Crippen LogP contribution in [-0.2, 0) is 0 Å². The number of rotatable bonds is 3. The number of hydrogen-bond acceptors (Lipinski definition) is 3. The van der Waals surface area contributed by atoms with Crippen molar-refractivity contribution in [2.45, 2.75) is 26.9 Å². The van der Waals surface area contributed by atoms with Gasteiger partial charge in [0.2, 0.25) is 0 Å². The summed E-state index contributed by atoms with van der Waals surface area (Å²) in [6.45, 7) is 5.95. The van der Waals surface area contributed by atoms with E-state index in [1.165, 1.54) is 11.3 Å². The number of thiophene rings is 1. The summed E-state index contributed by atoms with van der Waals surface area (Å²) < 4.78 is 5.45. The van der Waals surface area contributed by atoms with E-state index in [1.807, 2.05) is 38.3 Å². The zero-order chi connectivity index (χ0) is 14.2. The lowest BCUT2D eigenvalue weighted by Crippen LogP contribution is -2.03. The highest BCUT2D eigenvalue weighted by Crippen LogP contribution is 2.40. The van der Waals surface area contributed by atoms with Crippen LogP contribution < -0.4 is 4.74 Å². The van der Waals surface area contributed by atoms with Gasteiger partial charge < -0.3 is 9.84 Å². The highest BCUT2D eigenvalue weighted by atomic mass is 35.5. The second kappa shape index (κ2) is 5.53. The van der Waals surface area contributed by atoms with Crippen LogP contribution in [0.2, 0.25) is 5.02 Å². The molecule has 0 aliphatic heterocycles. The fraction of sp³-hybridized carbons (Fsp3) is 0.333. The number of benzene rings is 1. The number of aryl methyl sites for hydroxylation is 2. The molecular formula is C15H17ClO2S. The van der Waals surface area contributed by atoms with E-state index >= 15 is 0 Å². The summed E-state index contributed by atoms with van der Waals surface area (Å²) in [5.41, 5.74) is 3.93. The number of ether oxygens (including phenoxy) is 1. The van der Waals surface area contributed by atoms with Crippen molar-refractivity contribution in [3.63, 3.8) is 0 Å². The first-order valence-corrected chi connectivity index (χ1v) is 7.28. The average Bonchev–Trinajstić information content (AvgIpc) is 2.72. The molecule has 2 nitrogen and oxygen atoms in total. The normalized spacial score (nSPS) is 12.5. The lowest BCUT2D eigenvalue weighted by molar-refractivity contribution is 0.218. The molecule has 0 aliphatic carbocycles. The first-order valence-electron chi connectivity index (χ1n) is 6.03. The summed E-state index contributed by atoms with van der Waals surface area (Å²) in [4.78, 5) is 0.765. The lowest BCUT2D eigenvalue weighted by atomic mass is 9.99. The van der Waals surface area contributed by atoms with E-state index in [9.17, 15) is 5.11 Å². The van der Waals surface area contributed by atoms with Gasteiger partial charge in [0.1, 0.15) is 11.9 Å². The second-order valence-corrected chi connectivity index (χ2v) is 5.92. The summed E-state index contributed by atoms with van der Waals surface area (Å²) in [5.74, 6) is 0.731. The van der Waals surface area contributed by atoms with Crippen LogP contribution in [0, 0.1) is 20.8 Å². The smallest absolute Gasteiger partial charge is 0.128 e. The zero-order valence-corrected chi connectivity index (χ0v) is 13.0. The molecule has 1 N–H and O–H groups in total. The molecule has 0 spiro atoms. The van der Waals surface area contributed by atoms with Crippen molar-refractivity contribution in [2.24, 2.45) is 0 Å². The molecule has 19 heavy (non-hydrogen) atoms. The molecule has 1 atom stereocenters. The van der Waals surface area contributed by atoms with E-state index in [0.29, 0.717) is 5.02 Å². The van der Waals surface area contributed by atoms with E-state index in [0.717, 1.165) is 32.9 Å². The van der Waals surface area contributed by atoms with Gasteiger partial charge in [0.05, 0.1) is 17.0 Å². The Morgan fingerprint density at radius 1 is 1.21 bits per heavy atom. The third kappa shape index (κ3) is 2.50. The van der Waals surface area contributed by atoms with E-state index in [4.69, 9.17) is 16.3 Å². The maximum atomic E-state index is 10.6. The van der Waals surface area contributed by atoms with E-state index in [1.54, 1.807) is 7.11 Å². The van der Waals surface area contributed by atoms with Crippen molar-refractivity contribution >= 4 is 22.9 Å². The Morgan fingerprint density at radius 2 is 1.89 bits per heavy atom. The Kier molecular flexibility index (Phi) is 4.19. The van der Waals surface area contributed by atoms with Crippen molar-refractivity contribution < 1.29 is 9.84 Å². The molecule has 2 rings (SSSR count).